The number of amides is 2. The summed E-state index contributed by atoms with van der Waals surface area (Å²) < 4.78 is 27.1. The molecule has 2 aromatic carbocycles. The maximum Gasteiger partial charge on any atom is 0.239 e. The molecule has 2 aliphatic rings. The van der Waals surface area contributed by atoms with Gasteiger partial charge in [0.2, 0.25) is 11.8 Å². The fraction of sp³-hybridized carbons (Fsp3) is 0.348. The molecule has 2 fully saturated rings. The SMILES string of the molecule is N#Cc1ccc(N2CCCN(C(=O)C3CCN(c4cc(F)cc(F)c4)C3=O)CC2)cc1. The van der Waals surface area contributed by atoms with E-state index in [-0.39, 0.29) is 18.1 Å². The summed E-state index contributed by atoms with van der Waals surface area (Å²) in [4.78, 5) is 31.1. The molecule has 2 heterocycles. The Balaban J connectivity index is 1.41. The van der Waals surface area contributed by atoms with Gasteiger partial charge in [-0.1, -0.05) is 0 Å². The lowest BCUT2D eigenvalue weighted by Crippen LogP contribution is -2.42. The van der Waals surface area contributed by atoms with Gasteiger partial charge in [0.25, 0.3) is 0 Å². The van der Waals surface area contributed by atoms with Crippen LogP contribution in [0.1, 0.15) is 18.4 Å². The first-order chi connectivity index (χ1) is 15.0. The average molecular weight is 424 g/mol. The number of nitriles is 1. The number of carbonyl (C=O) groups excluding carboxylic acids is 2. The van der Waals surface area contributed by atoms with Gasteiger partial charge in [-0.25, -0.2) is 8.78 Å². The second-order valence-corrected chi connectivity index (χ2v) is 7.78. The van der Waals surface area contributed by atoms with Crippen molar-refractivity contribution in [2.75, 3.05) is 42.5 Å². The van der Waals surface area contributed by atoms with Crippen molar-refractivity contribution < 1.29 is 18.4 Å². The molecule has 2 amide bonds. The molecule has 1 atom stereocenters. The molecule has 0 N–H and O–H groups in total. The van der Waals surface area contributed by atoms with Crippen molar-refractivity contribution in [3.8, 4) is 6.07 Å². The van der Waals surface area contributed by atoms with Crippen molar-refractivity contribution in [2.45, 2.75) is 12.8 Å². The summed E-state index contributed by atoms with van der Waals surface area (Å²) in [5.41, 5.74) is 1.73. The highest BCUT2D eigenvalue weighted by Crippen LogP contribution is 2.28. The molecule has 4 rings (SSSR count). The molecule has 31 heavy (non-hydrogen) atoms. The van der Waals surface area contributed by atoms with Gasteiger partial charge in [-0.15, -0.1) is 0 Å². The summed E-state index contributed by atoms with van der Waals surface area (Å²) in [5.74, 6) is -2.98. The number of rotatable bonds is 3. The van der Waals surface area contributed by atoms with E-state index in [1.54, 1.807) is 17.0 Å². The normalized spacial score (nSPS) is 19.3. The van der Waals surface area contributed by atoms with E-state index in [0.29, 0.717) is 31.6 Å². The van der Waals surface area contributed by atoms with Crippen LogP contribution in [0.4, 0.5) is 20.2 Å². The second kappa shape index (κ2) is 8.72. The van der Waals surface area contributed by atoms with E-state index in [9.17, 15) is 18.4 Å². The Morgan fingerprint density at radius 1 is 0.935 bits per heavy atom. The summed E-state index contributed by atoms with van der Waals surface area (Å²) in [6.45, 7) is 2.67. The molecule has 2 aliphatic heterocycles. The number of carbonyl (C=O) groups is 2. The van der Waals surface area contributed by atoms with Crippen LogP contribution in [0.5, 0.6) is 0 Å². The highest BCUT2D eigenvalue weighted by Gasteiger charge is 2.40. The lowest BCUT2D eigenvalue weighted by molar-refractivity contribution is -0.139. The fourth-order valence-electron chi connectivity index (χ4n) is 4.22. The average Bonchev–Trinajstić information content (AvgIpc) is 2.98. The number of nitrogens with zero attached hydrogens (tertiary/aromatic N) is 4. The Bertz CT molecular complexity index is 1010. The summed E-state index contributed by atoms with van der Waals surface area (Å²) in [5, 5.41) is 8.95. The molecular formula is C23H22F2N4O2. The van der Waals surface area contributed by atoms with Crippen LogP contribution >= 0.6 is 0 Å². The summed E-state index contributed by atoms with van der Waals surface area (Å²) in [6, 6.07) is 12.4. The summed E-state index contributed by atoms with van der Waals surface area (Å²) in [6.07, 6.45) is 1.08. The van der Waals surface area contributed by atoms with Gasteiger partial charge in [0.05, 0.1) is 11.6 Å². The first-order valence-electron chi connectivity index (χ1n) is 10.3. The van der Waals surface area contributed by atoms with Crippen molar-refractivity contribution in [1.82, 2.24) is 4.90 Å². The number of anilines is 2. The van der Waals surface area contributed by atoms with Crippen molar-refractivity contribution in [3.63, 3.8) is 0 Å². The Hall–Kier alpha value is -3.47. The molecule has 0 bridgehead atoms. The van der Waals surface area contributed by atoms with E-state index in [1.807, 2.05) is 12.1 Å². The highest BCUT2D eigenvalue weighted by atomic mass is 19.1. The monoisotopic (exact) mass is 424 g/mol. The Labute approximate surface area is 179 Å². The van der Waals surface area contributed by atoms with Gasteiger partial charge in [0.15, 0.2) is 0 Å². The molecule has 2 aromatic rings. The van der Waals surface area contributed by atoms with E-state index in [1.165, 1.54) is 4.90 Å². The van der Waals surface area contributed by atoms with E-state index >= 15 is 0 Å². The minimum atomic E-state index is -0.826. The largest absolute Gasteiger partial charge is 0.370 e. The van der Waals surface area contributed by atoms with E-state index in [2.05, 4.69) is 11.0 Å². The van der Waals surface area contributed by atoms with Crippen LogP contribution in [0.3, 0.4) is 0 Å². The molecule has 2 saturated heterocycles. The van der Waals surface area contributed by atoms with Crippen molar-refractivity contribution in [1.29, 1.82) is 5.26 Å². The molecule has 0 aliphatic carbocycles. The fourth-order valence-corrected chi connectivity index (χ4v) is 4.22. The molecule has 0 spiro atoms. The maximum atomic E-state index is 13.5. The smallest absolute Gasteiger partial charge is 0.239 e. The molecular weight excluding hydrogens is 402 g/mol. The van der Waals surface area contributed by atoms with Gasteiger partial charge in [0, 0.05) is 50.2 Å². The lowest BCUT2D eigenvalue weighted by atomic mass is 10.1. The van der Waals surface area contributed by atoms with Gasteiger partial charge in [-0.2, -0.15) is 5.26 Å². The standard InChI is InChI=1S/C23H22F2N4O2/c24-17-12-18(25)14-20(13-17)29-9-6-21(23(29)31)22(30)28-8-1-7-27(10-11-28)19-4-2-16(15-26)3-5-19/h2-5,12-14,21H,1,6-11H2. The zero-order valence-corrected chi connectivity index (χ0v) is 16.9. The second-order valence-electron chi connectivity index (χ2n) is 7.78. The summed E-state index contributed by atoms with van der Waals surface area (Å²) in [7, 11) is 0. The summed E-state index contributed by atoms with van der Waals surface area (Å²) >= 11 is 0. The first-order valence-corrected chi connectivity index (χ1v) is 10.3. The van der Waals surface area contributed by atoms with Crippen molar-refractivity contribution in [2.24, 2.45) is 5.92 Å². The number of halogens is 2. The molecule has 8 heteroatoms. The minimum Gasteiger partial charge on any atom is -0.370 e. The van der Waals surface area contributed by atoms with Crippen LogP contribution in [-0.2, 0) is 9.59 Å². The zero-order valence-electron chi connectivity index (χ0n) is 16.9. The van der Waals surface area contributed by atoms with Crippen LogP contribution in [-0.4, -0.2) is 49.4 Å². The number of hydrogen-bond acceptors (Lipinski definition) is 4. The van der Waals surface area contributed by atoms with Crippen LogP contribution in [0.15, 0.2) is 42.5 Å². The maximum absolute atomic E-state index is 13.5. The highest BCUT2D eigenvalue weighted by molar-refractivity contribution is 6.09. The van der Waals surface area contributed by atoms with E-state index in [4.69, 9.17) is 5.26 Å². The number of benzene rings is 2. The molecule has 1 unspecified atom stereocenters. The van der Waals surface area contributed by atoms with Crippen LogP contribution in [0.25, 0.3) is 0 Å². The molecule has 6 nitrogen and oxygen atoms in total. The van der Waals surface area contributed by atoms with Crippen LogP contribution < -0.4 is 9.80 Å². The minimum absolute atomic E-state index is 0.139. The predicted octanol–water partition coefficient (Wildman–Crippen LogP) is 2.93. The topological polar surface area (TPSA) is 67.7 Å². The quantitative estimate of drug-likeness (QED) is 0.711. The Kier molecular flexibility index (Phi) is 5.85. The van der Waals surface area contributed by atoms with Crippen LogP contribution in [0, 0.1) is 28.9 Å². The van der Waals surface area contributed by atoms with Gasteiger partial charge >= 0.3 is 0 Å². The van der Waals surface area contributed by atoms with Gasteiger partial charge < -0.3 is 14.7 Å². The third-order valence-electron chi connectivity index (χ3n) is 5.83. The van der Waals surface area contributed by atoms with Gasteiger partial charge in [0.1, 0.15) is 17.6 Å². The van der Waals surface area contributed by atoms with Gasteiger partial charge in [-0.05, 0) is 49.2 Å². The first kappa shape index (κ1) is 20.8. The predicted molar refractivity (Wildman–Crippen MR) is 111 cm³/mol. The van der Waals surface area contributed by atoms with E-state index in [0.717, 1.165) is 36.9 Å². The van der Waals surface area contributed by atoms with Gasteiger partial charge in [-0.3, -0.25) is 9.59 Å². The Morgan fingerprint density at radius 2 is 1.65 bits per heavy atom. The molecule has 0 aromatic heterocycles. The Morgan fingerprint density at radius 3 is 2.32 bits per heavy atom. The van der Waals surface area contributed by atoms with Crippen molar-refractivity contribution in [3.05, 3.63) is 59.7 Å². The van der Waals surface area contributed by atoms with Crippen LogP contribution in [0.2, 0.25) is 0 Å². The molecule has 160 valence electrons. The third-order valence-corrected chi connectivity index (χ3v) is 5.83. The third kappa shape index (κ3) is 4.36. The van der Waals surface area contributed by atoms with Crippen molar-refractivity contribution >= 4 is 23.2 Å². The lowest BCUT2D eigenvalue weighted by Gasteiger charge is -2.25. The van der Waals surface area contributed by atoms with E-state index < -0.39 is 23.5 Å². The molecule has 0 radical (unpaired) electrons. The number of hydrogen-bond donors (Lipinski definition) is 0. The molecule has 0 saturated carbocycles. The zero-order chi connectivity index (χ0) is 22.0.